The van der Waals surface area contributed by atoms with E-state index in [9.17, 15) is 0 Å². The predicted molar refractivity (Wildman–Crippen MR) is 114 cm³/mol. The van der Waals surface area contributed by atoms with E-state index < -0.39 is 0 Å². The van der Waals surface area contributed by atoms with Crippen molar-refractivity contribution in [1.29, 1.82) is 0 Å². The summed E-state index contributed by atoms with van der Waals surface area (Å²) in [6.07, 6.45) is 0.215. The summed E-state index contributed by atoms with van der Waals surface area (Å²) >= 11 is 0. The number of hydrogen-bond acceptors (Lipinski definition) is 4. The van der Waals surface area contributed by atoms with Gasteiger partial charge in [-0.05, 0) is 44.0 Å². The Bertz CT molecular complexity index is 775. The van der Waals surface area contributed by atoms with Crippen molar-refractivity contribution >= 4 is 11.6 Å². The van der Waals surface area contributed by atoms with Gasteiger partial charge >= 0.3 is 0 Å². The van der Waals surface area contributed by atoms with Crippen LogP contribution >= 0.6 is 0 Å². The van der Waals surface area contributed by atoms with E-state index in [0.29, 0.717) is 30.6 Å². The molecular formula is C22H31N3O3. The number of aliphatic imine (C=N–C) groups is 1. The quantitative estimate of drug-likeness (QED) is 0.500. The Labute approximate surface area is 167 Å². The van der Waals surface area contributed by atoms with Crippen LogP contribution in [0.2, 0.25) is 0 Å². The predicted octanol–water partition coefficient (Wildman–Crippen LogP) is 4.21. The number of benzene rings is 2. The number of anilines is 1. The van der Waals surface area contributed by atoms with E-state index in [0.717, 1.165) is 23.4 Å². The number of ether oxygens (including phenoxy) is 3. The van der Waals surface area contributed by atoms with Gasteiger partial charge in [0.2, 0.25) is 0 Å². The summed E-state index contributed by atoms with van der Waals surface area (Å²) in [4.78, 5) is 4.69. The molecule has 0 spiro atoms. The topological polar surface area (TPSA) is 64.1 Å². The molecule has 2 rings (SSSR count). The molecule has 0 unspecified atom stereocenters. The maximum atomic E-state index is 5.68. The van der Waals surface area contributed by atoms with Crippen molar-refractivity contribution in [2.75, 3.05) is 26.1 Å². The lowest BCUT2D eigenvalue weighted by molar-refractivity contribution is 0.0657. The first-order valence-corrected chi connectivity index (χ1v) is 9.52. The summed E-state index contributed by atoms with van der Waals surface area (Å²) in [7, 11) is 3.24. The van der Waals surface area contributed by atoms with Crippen molar-refractivity contribution in [2.45, 2.75) is 40.0 Å². The highest BCUT2D eigenvalue weighted by molar-refractivity contribution is 5.93. The molecule has 0 heterocycles. The molecule has 0 bridgehead atoms. The van der Waals surface area contributed by atoms with E-state index in [1.807, 2.05) is 45.0 Å². The third-order valence-electron chi connectivity index (χ3n) is 3.98. The minimum atomic E-state index is 0.215. The van der Waals surface area contributed by atoms with Crippen LogP contribution in [0.1, 0.15) is 31.9 Å². The second-order valence-corrected chi connectivity index (χ2v) is 6.57. The molecule has 6 heteroatoms. The molecule has 2 N–H and O–H groups in total. The Morgan fingerprint density at radius 3 is 2.43 bits per heavy atom. The van der Waals surface area contributed by atoms with Crippen LogP contribution in [-0.2, 0) is 17.9 Å². The molecule has 0 atom stereocenters. The molecule has 0 aliphatic rings. The average Bonchev–Trinajstić information content (AvgIpc) is 2.71. The molecule has 0 aliphatic heterocycles. The number of guanidine groups is 1. The molecule has 0 saturated carbocycles. The van der Waals surface area contributed by atoms with E-state index >= 15 is 0 Å². The molecule has 0 aromatic heterocycles. The molecule has 0 amide bonds. The molecule has 0 aliphatic carbocycles. The minimum Gasteiger partial charge on any atom is -0.493 e. The van der Waals surface area contributed by atoms with Gasteiger partial charge in [-0.25, -0.2) is 4.99 Å². The monoisotopic (exact) mass is 385 g/mol. The van der Waals surface area contributed by atoms with Crippen LogP contribution in [0.15, 0.2) is 47.5 Å². The maximum Gasteiger partial charge on any atom is 0.196 e. The van der Waals surface area contributed by atoms with E-state index in [2.05, 4.69) is 28.8 Å². The fourth-order valence-corrected chi connectivity index (χ4v) is 2.61. The van der Waals surface area contributed by atoms with E-state index in [1.165, 1.54) is 0 Å². The first-order valence-electron chi connectivity index (χ1n) is 9.52. The van der Waals surface area contributed by atoms with Crippen LogP contribution < -0.4 is 20.1 Å². The van der Waals surface area contributed by atoms with Gasteiger partial charge in [-0.15, -0.1) is 0 Å². The summed E-state index contributed by atoms with van der Waals surface area (Å²) in [6, 6.07) is 14.0. The van der Waals surface area contributed by atoms with E-state index in [-0.39, 0.29) is 6.10 Å². The third-order valence-corrected chi connectivity index (χ3v) is 3.98. The SMILES string of the molecule is CCNC(=NCc1cccc(COC(C)C)c1)Nc1ccc(OC)c(OC)c1. The number of nitrogens with zero attached hydrogens (tertiary/aromatic N) is 1. The lowest BCUT2D eigenvalue weighted by Crippen LogP contribution is -2.30. The molecule has 2 aromatic carbocycles. The Hall–Kier alpha value is -2.73. The largest absolute Gasteiger partial charge is 0.493 e. The normalized spacial score (nSPS) is 11.4. The molecule has 28 heavy (non-hydrogen) atoms. The van der Waals surface area contributed by atoms with Crippen LogP contribution in [0, 0.1) is 0 Å². The lowest BCUT2D eigenvalue weighted by atomic mass is 10.1. The van der Waals surface area contributed by atoms with E-state index in [1.54, 1.807) is 14.2 Å². The van der Waals surface area contributed by atoms with Crippen LogP contribution in [0.25, 0.3) is 0 Å². The second-order valence-electron chi connectivity index (χ2n) is 6.57. The van der Waals surface area contributed by atoms with Crippen LogP contribution in [-0.4, -0.2) is 32.8 Å². The first kappa shape index (κ1) is 21.6. The van der Waals surface area contributed by atoms with Crippen molar-refractivity contribution < 1.29 is 14.2 Å². The zero-order valence-electron chi connectivity index (χ0n) is 17.4. The van der Waals surface area contributed by atoms with Crippen LogP contribution in [0.4, 0.5) is 5.69 Å². The third kappa shape index (κ3) is 6.78. The average molecular weight is 386 g/mol. The van der Waals surface area contributed by atoms with Gasteiger partial charge in [-0.1, -0.05) is 24.3 Å². The van der Waals surface area contributed by atoms with Gasteiger partial charge < -0.3 is 24.8 Å². The summed E-state index contributed by atoms with van der Waals surface area (Å²) in [5.74, 6) is 2.06. The van der Waals surface area contributed by atoms with Gasteiger partial charge in [-0.3, -0.25) is 0 Å². The van der Waals surface area contributed by atoms with Crippen molar-refractivity contribution in [3.63, 3.8) is 0 Å². The van der Waals surface area contributed by atoms with Crippen molar-refractivity contribution in [2.24, 2.45) is 4.99 Å². The highest BCUT2D eigenvalue weighted by Crippen LogP contribution is 2.29. The summed E-state index contributed by atoms with van der Waals surface area (Å²) in [6.45, 7) is 8.06. The van der Waals surface area contributed by atoms with Crippen LogP contribution in [0.5, 0.6) is 11.5 Å². The Kier molecular flexibility index (Phi) is 8.62. The minimum absolute atomic E-state index is 0.215. The van der Waals surface area contributed by atoms with E-state index in [4.69, 9.17) is 19.2 Å². The molecule has 0 fully saturated rings. The second kappa shape index (κ2) is 11.2. The molecular weight excluding hydrogens is 354 g/mol. The first-order chi connectivity index (χ1) is 13.5. The highest BCUT2D eigenvalue weighted by Gasteiger charge is 2.06. The van der Waals surface area contributed by atoms with Gasteiger partial charge in [-0.2, -0.15) is 0 Å². The Morgan fingerprint density at radius 2 is 1.75 bits per heavy atom. The zero-order chi connectivity index (χ0) is 20.4. The Balaban J connectivity index is 2.09. The highest BCUT2D eigenvalue weighted by atomic mass is 16.5. The van der Waals surface area contributed by atoms with Crippen molar-refractivity contribution in [3.05, 3.63) is 53.6 Å². The summed E-state index contributed by atoms with van der Waals surface area (Å²) < 4.78 is 16.3. The molecule has 152 valence electrons. The van der Waals surface area contributed by atoms with Crippen molar-refractivity contribution in [1.82, 2.24) is 5.32 Å². The van der Waals surface area contributed by atoms with Crippen LogP contribution in [0.3, 0.4) is 0 Å². The molecule has 0 saturated heterocycles. The van der Waals surface area contributed by atoms with Gasteiger partial charge in [0.1, 0.15) is 0 Å². The van der Waals surface area contributed by atoms with Gasteiger partial charge in [0.05, 0.1) is 33.5 Å². The fraction of sp³-hybridized carbons (Fsp3) is 0.409. The smallest absolute Gasteiger partial charge is 0.196 e. The van der Waals surface area contributed by atoms with Gasteiger partial charge in [0.25, 0.3) is 0 Å². The number of hydrogen-bond donors (Lipinski definition) is 2. The zero-order valence-corrected chi connectivity index (χ0v) is 17.4. The molecule has 6 nitrogen and oxygen atoms in total. The Morgan fingerprint density at radius 1 is 1.00 bits per heavy atom. The fourth-order valence-electron chi connectivity index (χ4n) is 2.61. The standard InChI is InChI=1S/C22H31N3O3/c1-6-23-22(25-19-10-11-20(26-4)21(13-19)27-5)24-14-17-8-7-9-18(12-17)15-28-16(2)3/h7-13,16H,6,14-15H2,1-5H3,(H2,23,24,25). The summed E-state index contributed by atoms with van der Waals surface area (Å²) in [5, 5.41) is 6.57. The lowest BCUT2D eigenvalue weighted by Gasteiger charge is -2.14. The summed E-state index contributed by atoms with van der Waals surface area (Å²) in [5.41, 5.74) is 3.16. The number of rotatable bonds is 9. The molecule has 2 aromatic rings. The molecule has 0 radical (unpaired) electrons. The maximum absolute atomic E-state index is 5.68. The van der Waals surface area contributed by atoms with Crippen molar-refractivity contribution in [3.8, 4) is 11.5 Å². The van der Waals surface area contributed by atoms with Gasteiger partial charge in [0, 0.05) is 18.3 Å². The number of methoxy groups -OCH3 is 2. The van der Waals surface area contributed by atoms with Gasteiger partial charge in [0.15, 0.2) is 17.5 Å². The number of nitrogens with one attached hydrogen (secondary N) is 2.